The molecule has 0 fully saturated rings. The van der Waals surface area contributed by atoms with Crippen molar-refractivity contribution in [3.63, 3.8) is 0 Å². The molecule has 7 heteroatoms. The third kappa shape index (κ3) is 6.78. The van der Waals surface area contributed by atoms with E-state index in [1.807, 2.05) is 36.4 Å². The summed E-state index contributed by atoms with van der Waals surface area (Å²) in [6.45, 7) is 2.75. The number of carbonyl (C=O) groups excluding carboxylic acids is 2. The number of nitrogens with zero attached hydrogens (tertiary/aromatic N) is 1. The summed E-state index contributed by atoms with van der Waals surface area (Å²) in [6, 6.07) is 21.8. The zero-order chi connectivity index (χ0) is 24.5. The van der Waals surface area contributed by atoms with E-state index in [2.05, 4.69) is 65.8 Å². The fourth-order valence-electron chi connectivity index (χ4n) is 3.79. The number of halogens is 2. The molecule has 4 rings (SSSR count). The Balaban J connectivity index is 0.000000204. The minimum absolute atomic E-state index is 0.269. The molecule has 0 amide bonds. The van der Waals surface area contributed by atoms with E-state index in [9.17, 15) is 9.59 Å². The van der Waals surface area contributed by atoms with Crippen molar-refractivity contribution in [1.82, 2.24) is 4.90 Å². The Morgan fingerprint density at radius 2 is 1.35 bits per heavy atom. The van der Waals surface area contributed by atoms with Crippen LogP contribution in [0.25, 0.3) is 0 Å². The average molecular weight is 589 g/mol. The Morgan fingerprint density at radius 3 is 1.97 bits per heavy atom. The summed E-state index contributed by atoms with van der Waals surface area (Å²) in [6.07, 6.45) is 0. The van der Waals surface area contributed by atoms with Crippen LogP contribution >= 0.6 is 31.9 Å². The summed E-state index contributed by atoms with van der Waals surface area (Å²) < 4.78 is 9.41. The van der Waals surface area contributed by atoms with Crippen LogP contribution in [0.15, 0.2) is 66.7 Å². The van der Waals surface area contributed by atoms with E-state index in [1.54, 1.807) is 6.07 Å². The zero-order valence-corrected chi connectivity index (χ0v) is 22.4. The lowest BCUT2D eigenvalue weighted by Gasteiger charge is -2.14. The van der Waals surface area contributed by atoms with E-state index in [0.717, 1.165) is 35.9 Å². The van der Waals surface area contributed by atoms with Crippen LogP contribution in [0, 0.1) is 0 Å². The summed E-state index contributed by atoms with van der Waals surface area (Å²) in [5.41, 5.74) is 7.34. The predicted molar refractivity (Wildman–Crippen MR) is 140 cm³/mol. The van der Waals surface area contributed by atoms with Gasteiger partial charge in [0, 0.05) is 30.3 Å². The van der Waals surface area contributed by atoms with E-state index >= 15 is 0 Å². The van der Waals surface area contributed by atoms with Gasteiger partial charge >= 0.3 is 11.9 Å². The molecule has 3 aromatic carbocycles. The zero-order valence-electron chi connectivity index (χ0n) is 19.2. The first-order chi connectivity index (χ1) is 16.5. The third-order valence-corrected chi connectivity index (χ3v) is 6.79. The Kier molecular flexibility index (Phi) is 9.86. The van der Waals surface area contributed by atoms with E-state index in [0.29, 0.717) is 11.1 Å². The van der Waals surface area contributed by atoms with Crippen LogP contribution in [0.4, 0.5) is 0 Å². The van der Waals surface area contributed by atoms with Gasteiger partial charge in [0.1, 0.15) is 0 Å². The number of alkyl halides is 2. The number of fused-ring (bicyclic) bond motifs is 1. The summed E-state index contributed by atoms with van der Waals surface area (Å²) in [7, 11) is 2.80. The summed E-state index contributed by atoms with van der Waals surface area (Å²) in [4.78, 5) is 25.2. The maximum absolute atomic E-state index is 11.6. The number of hydrogen-bond donors (Lipinski definition) is 0. The minimum atomic E-state index is -0.298. The van der Waals surface area contributed by atoms with Crippen LogP contribution in [0.3, 0.4) is 0 Å². The molecule has 0 aromatic heterocycles. The largest absolute Gasteiger partial charge is 0.465 e. The van der Waals surface area contributed by atoms with Crippen LogP contribution in [-0.4, -0.2) is 31.1 Å². The van der Waals surface area contributed by atoms with Crippen LogP contribution in [0.1, 0.15) is 48.5 Å². The molecule has 1 heterocycles. The molecule has 0 saturated heterocycles. The standard InChI is InChI=1S/C17H17NO2.C10H10Br2O2/c1-20-17(19)14-7-8-15-11-18(12-16(15)9-14)10-13-5-3-2-4-6-13;1-14-10(13)7-2-3-8(5-11)9(4-7)6-12/h2-9H,10-12H2,1H3;2-4H,5-6H2,1H3. The minimum Gasteiger partial charge on any atom is -0.465 e. The van der Waals surface area contributed by atoms with Crippen molar-refractivity contribution in [3.05, 3.63) is 106 Å². The van der Waals surface area contributed by atoms with Crippen LogP contribution < -0.4 is 0 Å². The first-order valence-corrected chi connectivity index (χ1v) is 13.0. The Bertz CT molecular complexity index is 1130. The van der Waals surface area contributed by atoms with Gasteiger partial charge in [-0.2, -0.15) is 0 Å². The highest BCUT2D eigenvalue weighted by molar-refractivity contribution is 9.09. The lowest BCUT2D eigenvalue weighted by Crippen LogP contribution is -2.15. The van der Waals surface area contributed by atoms with Gasteiger partial charge in [-0.25, -0.2) is 9.59 Å². The number of hydrogen-bond acceptors (Lipinski definition) is 5. The highest BCUT2D eigenvalue weighted by atomic mass is 79.9. The normalized spacial score (nSPS) is 12.4. The molecule has 0 N–H and O–H groups in total. The molecule has 5 nitrogen and oxygen atoms in total. The van der Waals surface area contributed by atoms with Crippen LogP contribution in [0.2, 0.25) is 0 Å². The highest BCUT2D eigenvalue weighted by Gasteiger charge is 2.20. The number of rotatable bonds is 6. The first-order valence-electron chi connectivity index (χ1n) is 10.8. The molecule has 0 aliphatic carbocycles. The topological polar surface area (TPSA) is 55.8 Å². The molecule has 34 heavy (non-hydrogen) atoms. The van der Waals surface area contributed by atoms with Crippen molar-refractivity contribution in [3.8, 4) is 0 Å². The SMILES string of the molecule is COC(=O)c1ccc(CBr)c(CBr)c1.COC(=O)c1ccc2c(c1)CN(Cc1ccccc1)C2. The molecule has 0 saturated carbocycles. The number of carbonyl (C=O) groups is 2. The molecule has 3 aromatic rings. The van der Waals surface area contributed by atoms with Crippen molar-refractivity contribution in [2.24, 2.45) is 0 Å². The molecule has 0 unspecified atom stereocenters. The van der Waals surface area contributed by atoms with Crippen molar-refractivity contribution in [1.29, 1.82) is 0 Å². The number of ether oxygens (including phenoxy) is 2. The quantitative estimate of drug-likeness (QED) is 0.252. The molecular formula is C27H27Br2NO4. The van der Waals surface area contributed by atoms with Gasteiger partial charge in [-0.05, 0) is 52.1 Å². The van der Waals surface area contributed by atoms with E-state index in [-0.39, 0.29) is 11.9 Å². The number of esters is 2. The lowest BCUT2D eigenvalue weighted by molar-refractivity contribution is 0.0591. The third-order valence-electron chi connectivity index (χ3n) is 5.58. The van der Waals surface area contributed by atoms with Crippen LogP contribution in [-0.2, 0) is 39.8 Å². The van der Waals surface area contributed by atoms with E-state index in [4.69, 9.17) is 4.74 Å². The predicted octanol–water partition coefficient (Wildman–Crippen LogP) is 6.25. The second kappa shape index (κ2) is 12.8. The fourth-order valence-corrected chi connectivity index (χ4v) is 4.86. The molecule has 0 radical (unpaired) electrons. The lowest BCUT2D eigenvalue weighted by atomic mass is 10.1. The molecular weight excluding hydrogens is 562 g/mol. The maximum Gasteiger partial charge on any atom is 0.337 e. The van der Waals surface area contributed by atoms with Gasteiger partial charge in [0.25, 0.3) is 0 Å². The Morgan fingerprint density at radius 1 is 0.765 bits per heavy atom. The smallest absolute Gasteiger partial charge is 0.337 e. The number of benzene rings is 3. The fraction of sp³-hybridized carbons (Fsp3) is 0.259. The van der Waals surface area contributed by atoms with Gasteiger partial charge in [0.2, 0.25) is 0 Å². The highest BCUT2D eigenvalue weighted by Crippen LogP contribution is 2.25. The summed E-state index contributed by atoms with van der Waals surface area (Å²) >= 11 is 6.77. The van der Waals surface area contributed by atoms with E-state index in [1.165, 1.54) is 36.5 Å². The van der Waals surface area contributed by atoms with Crippen molar-refractivity contribution < 1.29 is 19.1 Å². The second-order valence-corrected chi connectivity index (χ2v) is 8.97. The summed E-state index contributed by atoms with van der Waals surface area (Å²) in [5, 5.41) is 1.52. The number of methoxy groups -OCH3 is 2. The molecule has 178 valence electrons. The van der Waals surface area contributed by atoms with Gasteiger partial charge in [-0.3, -0.25) is 4.90 Å². The van der Waals surface area contributed by atoms with Gasteiger partial charge in [0.15, 0.2) is 0 Å². The van der Waals surface area contributed by atoms with Gasteiger partial charge in [-0.1, -0.05) is 74.3 Å². The molecule has 0 atom stereocenters. The average Bonchev–Trinajstić information content (AvgIpc) is 3.29. The molecule has 1 aliphatic rings. The first kappa shape index (κ1) is 26.1. The Hall–Kier alpha value is -2.48. The van der Waals surface area contributed by atoms with Crippen molar-refractivity contribution in [2.45, 2.75) is 30.3 Å². The maximum atomic E-state index is 11.6. The van der Waals surface area contributed by atoms with Crippen LogP contribution in [0.5, 0.6) is 0 Å². The molecule has 1 aliphatic heterocycles. The van der Waals surface area contributed by atoms with Crippen molar-refractivity contribution >= 4 is 43.8 Å². The monoisotopic (exact) mass is 587 g/mol. The van der Waals surface area contributed by atoms with Crippen molar-refractivity contribution in [2.75, 3.05) is 14.2 Å². The summed E-state index contributed by atoms with van der Waals surface area (Å²) in [5.74, 6) is -0.567. The van der Waals surface area contributed by atoms with Gasteiger partial charge in [-0.15, -0.1) is 0 Å². The van der Waals surface area contributed by atoms with Gasteiger partial charge < -0.3 is 9.47 Å². The van der Waals surface area contributed by atoms with E-state index < -0.39 is 0 Å². The molecule has 0 spiro atoms. The Labute approximate surface area is 217 Å². The molecule has 0 bridgehead atoms. The second-order valence-electron chi connectivity index (χ2n) is 7.85. The van der Waals surface area contributed by atoms with Gasteiger partial charge in [0.05, 0.1) is 25.3 Å².